The quantitative estimate of drug-likeness (QED) is 0.359. The van der Waals surface area contributed by atoms with E-state index in [0.717, 1.165) is 36.1 Å². The number of hydrogen-bond acceptors (Lipinski definition) is 9. The van der Waals surface area contributed by atoms with Gasteiger partial charge in [0.05, 0.1) is 43.1 Å². The number of benzene rings is 2. The van der Waals surface area contributed by atoms with Gasteiger partial charge in [-0.15, -0.1) is 0 Å². The number of morpholine rings is 1. The Hall–Kier alpha value is -4.42. The van der Waals surface area contributed by atoms with Crippen LogP contribution in [0.25, 0.3) is 0 Å². The number of piperidine rings is 1. The monoisotopic (exact) mass is 660 g/mol. The predicted octanol–water partition coefficient (Wildman–Crippen LogP) is 4.41. The molecule has 3 amide bonds. The molecule has 48 heavy (non-hydrogen) atoms. The molecule has 2 aromatic carbocycles. The molecule has 256 valence electrons. The fourth-order valence-corrected chi connectivity index (χ4v) is 6.67. The average molecular weight is 661 g/mol. The number of aromatic nitrogens is 1. The van der Waals surface area contributed by atoms with Crippen LogP contribution in [0.4, 0.5) is 4.79 Å². The van der Waals surface area contributed by atoms with Crippen LogP contribution in [0.1, 0.15) is 83.3 Å². The lowest BCUT2D eigenvalue weighted by Crippen LogP contribution is -2.57. The molecule has 0 unspecified atom stereocenters. The second-order valence-electron chi connectivity index (χ2n) is 13.8. The molecule has 3 aliphatic rings. The van der Waals surface area contributed by atoms with Gasteiger partial charge in [0.15, 0.2) is 12.2 Å². The third-order valence-corrected chi connectivity index (χ3v) is 9.22. The first-order valence-corrected chi connectivity index (χ1v) is 16.6. The van der Waals surface area contributed by atoms with E-state index in [-0.39, 0.29) is 43.6 Å². The minimum Gasteiger partial charge on any atom is -0.486 e. The van der Waals surface area contributed by atoms with Crippen molar-refractivity contribution < 1.29 is 38.1 Å². The summed E-state index contributed by atoms with van der Waals surface area (Å²) in [5, 5.41) is 14.2. The first-order valence-electron chi connectivity index (χ1n) is 16.6. The molecule has 2 N–H and O–H groups in total. The van der Waals surface area contributed by atoms with Gasteiger partial charge in [-0.1, -0.05) is 6.07 Å². The number of fused-ring (bicyclic) bond motifs is 3. The number of rotatable bonds is 8. The second-order valence-corrected chi connectivity index (χ2v) is 13.8. The first-order chi connectivity index (χ1) is 23.0. The molecular formula is C36H44N4O8. The normalized spacial score (nSPS) is 21.2. The van der Waals surface area contributed by atoms with Crippen molar-refractivity contribution in [3.05, 3.63) is 82.6 Å². The Morgan fingerprint density at radius 1 is 1.04 bits per heavy atom. The SMILES string of the molecule is Cc1ncoc1COc1ccc2c(c1)CN(C(=O)OC(C)(C)C)[C@H]([C@H](O)CNC(=O)c1ccc(C(=O)N3[C@@H]4CCC[C@H]3COC4)cc1)C2. The van der Waals surface area contributed by atoms with Gasteiger partial charge in [-0.3, -0.25) is 14.5 Å². The predicted molar refractivity (Wildman–Crippen MR) is 174 cm³/mol. The Bertz CT molecular complexity index is 1610. The molecule has 0 spiro atoms. The van der Waals surface area contributed by atoms with Gasteiger partial charge in [0, 0.05) is 24.2 Å². The van der Waals surface area contributed by atoms with Crippen molar-refractivity contribution in [3.8, 4) is 5.75 Å². The molecule has 2 saturated heterocycles. The number of oxazole rings is 1. The highest BCUT2D eigenvalue weighted by Crippen LogP contribution is 2.31. The Labute approximate surface area is 280 Å². The highest BCUT2D eigenvalue weighted by molar-refractivity contribution is 5.98. The third-order valence-electron chi connectivity index (χ3n) is 9.22. The minimum atomic E-state index is -1.08. The van der Waals surface area contributed by atoms with E-state index in [9.17, 15) is 19.5 Å². The van der Waals surface area contributed by atoms with E-state index in [2.05, 4.69) is 10.3 Å². The zero-order chi connectivity index (χ0) is 34.0. The number of nitrogens with zero attached hydrogens (tertiary/aromatic N) is 3. The lowest BCUT2D eigenvalue weighted by Gasteiger charge is -2.45. The summed E-state index contributed by atoms with van der Waals surface area (Å²) < 4.78 is 22.7. The third kappa shape index (κ3) is 7.50. The average Bonchev–Trinajstić information content (AvgIpc) is 3.48. The van der Waals surface area contributed by atoms with Crippen LogP contribution in [0, 0.1) is 6.92 Å². The van der Waals surface area contributed by atoms with E-state index in [4.69, 9.17) is 18.6 Å². The number of nitrogens with one attached hydrogen (secondary N) is 1. The molecule has 4 atom stereocenters. The molecule has 6 rings (SSSR count). The zero-order valence-corrected chi connectivity index (χ0v) is 27.9. The van der Waals surface area contributed by atoms with Gasteiger partial charge in [-0.25, -0.2) is 9.78 Å². The van der Waals surface area contributed by atoms with E-state index in [1.807, 2.05) is 30.0 Å². The Morgan fingerprint density at radius 2 is 1.75 bits per heavy atom. The molecule has 4 heterocycles. The van der Waals surface area contributed by atoms with Gasteiger partial charge in [0.25, 0.3) is 11.8 Å². The van der Waals surface area contributed by atoms with Crippen molar-refractivity contribution in [2.45, 2.75) is 96.4 Å². The standard InChI is InChI=1S/C36H44N4O8/c1-22-32(47-21-38-22)20-46-29-13-12-25-15-30(39(17-26(25)14-29)35(44)48-36(2,3)4)31(41)16-37-33(42)23-8-10-24(11-9-23)34(43)40-27-6-5-7-28(40)19-45-18-27/h8-14,21,27-28,30-31,41H,5-7,15-20H2,1-4H3,(H,37,42)/t27-,28+,30-,31+/m0/s1. The van der Waals surface area contributed by atoms with Crippen LogP contribution in [0.5, 0.6) is 5.75 Å². The van der Waals surface area contributed by atoms with Gasteiger partial charge < -0.3 is 34.0 Å². The number of hydrogen-bond donors (Lipinski definition) is 2. The van der Waals surface area contributed by atoms with Crippen molar-refractivity contribution in [2.75, 3.05) is 19.8 Å². The van der Waals surface area contributed by atoms with Crippen molar-refractivity contribution >= 4 is 17.9 Å². The van der Waals surface area contributed by atoms with Crippen LogP contribution >= 0.6 is 0 Å². The molecular weight excluding hydrogens is 616 g/mol. The summed E-state index contributed by atoms with van der Waals surface area (Å²) in [5.41, 5.74) is 2.74. The van der Waals surface area contributed by atoms with Crippen molar-refractivity contribution in [2.24, 2.45) is 0 Å². The van der Waals surface area contributed by atoms with Crippen molar-refractivity contribution in [1.82, 2.24) is 20.1 Å². The van der Waals surface area contributed by atoms with E-state index in [1.54, 1.807) is 45.0 Å². The van der Waals surface area contributed by atoms with Crippen LogP contribution in [0.15, 0.2) is 53.3 Å². The summed E-state index contributed by atoms with van der Waals surface area (Å²) in [5.74, 6) is 0.812. The summed E-state index contributed by atoms with van der Waals surface area (Å²) in [7, 11) is 0. The Kier molecular flexibility index (Phi) is 9.75. The van der Waals surface area contributed by atoms with Crippen LogP contribution < -0.4 is 10.1 Å². The number of carbonyl (C=O) groups is 3. The molecule has 2 fully saturated rings. The van der Waals surface area contributed by atoms with E-state index < -0.39 is 23.8 Å². The van der Waals surface area contributed by atoms with Gasteiger partial charge >= 0.3 is 6.09 Å². The maximum Gasteiger partial charge on any atom is 0.410 e. The summed E-state index contributed by atoms with van der Waals surface area (Å²) in [6, 6.07) is 11.8. The second kappa shape index (κ2) is 14.0. The molecule has 3 aromatic rings. The molecule has 12 nitrogen and oxygen atoms in total. The highest BCUT2D eigenvalue weighted by atomic mass is 16.6. The molecule has 1 aromatic heterocycles. The van der Waals surface area contributed by atoms with Gasteiger partial charge in [-0.2, -0.15) is 0 Å². The summed E-state index contributed by atoms with van der Waals surface area (Å²) >= 11 is 0. The summed E-state index contributed by atoms with van der Waals surface area (Å²) in [6.45, 7) is 8.65. The highest BCUT2D eigenvalue weighted by Gasteiger charge is 2.39. The zero-order valence-electron chi connectivity index (χ0n) is 27.9. The maximum absolute atomic E-state index is 13.4. The van der Waals surface area contributed by atoms with Crippen molar-refractivity contribution in [3.63, 3.8) is 0 Å². The van der Waals surface area contributed by atoms with Crippen LogP contribution in [-0.4, -0.2) is 87.4 Å². The number of aliphatic hydroxyl groups is 1. The van der Waals surface area contributed by atoms with Crippen molar-refractivity contribution in [1.29, 1.82) is 0 Å². The van der Waals surface area contributed by atoms with Crippen LogP contribution in [0.2, 0.25) is 0 Å². The molecule has 2 bridgehead atoms. The van der Waals surface area contributed by atoms with Gasteiger partial charge in [-0.05, 0) is 101 Å². The minimum absolute atomic E-state index is 0.0428. The molecule has 0 saturated carbocycles. The summed E-state index contributed by atoms with van der Waals surface area (Å²) in [6.07, 6.45) is 3.05. The van der Waals surface area contributed by atoms with E-state index >= 15 is 0 Å². The molecule has 0 aliphatic carbocycles. The van der Waals surface area contributed by atoms with E-state index in [0.29, 0.717) is 42.3 Å². The Morgan fingerprint density at radius 3 is 2.42 bits per heavy atom. The fourth-order valence-electron chi connectivity index (χ4n) is 6.67. The van der Waals surface area contributed by atoms with E-state index in [1.165, 1.54) is 11.3 Å². The van der Waals surface area contributed by atoms with Gasteiger partial charge in [0.1, 0.15) is 18.0 Å². The molecule has 12 heteroatoms. The number of carbonyl (C=O) groups excluding carboxylic acids is 3. The first kappa shape index (κ1) is 33.5. The van der Waals surface area contributed by atoms with Gasteiger partial charge in [0.2, 0.25) is 0 Å². The fraction of sp³-hybridized carbons (Fsp3) is 0.500. The lowest BCUT2D eigenvalue weighted by molar-refractivity contribution is -0.0565. The van der Waals surface area contributed by atoms with Crippen LogP contribution in [0.3, 0.4) is 0 Å². The number of ether oxygens (including phenoxy) is 3. The molecule has 0 radical (unpaired) electrons. The van der Waals surface area contributed by atoms with Crippen LogP contribution in [-0.2, 0) is 29.0 Å². The summed E-state index contributed by atoms with van der Waals surface area (Å²) in [4.78, 5) is 47.4. The number of aryl methyl sites for hydroxylation is 1. The Balaban J connectivity index is 1.10. The number of aliphatic hydroxyl groups excluding tert-OH is 1. The lowest BCUT2D eigenvalue weighted by atomic mass is 9.91. The topological polar surface area (TPSA) is 144 Å². The molecule has 3 aliphatic heterocycles. The largest absolute Gasteiger partial charge is 0.486 e. The maximum atomic E-state index is 13.4. The smallest absolute Gasteiger partial charge is 0.410 e. The number of amides is 3.